The average molecular weight is 1150 g/mol. The molecular formula is C58H52F10N8O2S2. The second-order valence-corrected chi connectivity index (χ2v) is 23.2. The first kappa shape index (κ1) is 56.3. The fourth-order valence-electron chi connectivity index (χ4n) is 9.64. The van der Waals surface area contributed by atoms with Crippen LogP contribution in [0.15, 0.2) is 109 Å². The van der Waals surface area contributed by atoms with Gasteiger partial charge >= 0.3 is 18.3 Å². The van der Waals surface area contributed by atoms with Crippen LogP contribution in [-0.2, 0) is 10.0 Å². The van der Waals surface area contributed by atoms with Gasteiger partial charge in [0.25, 0.3) is 0 Å². The molecule has 22 heteroatoms. The Bertz CT molecular complexity index is 3620. The third-order valence-electron chi connectivity index (χ3n) is 14.1. The number of nitrogens with zero attached hydrogens (tertiary/aromatic N) is 6. The molecule has 4 aromatic carbocycles. The Labute approximate surface area is 461 Å². The number of nitrogens with one attached hydrogen (secondary N) is 2. The van der Waals surface area contributed by atoms with E-state index >= 15 is 8.78 Å². The molecule has 2 saturated carbocycles. The fraction of sp³-hybridized carbons (Fsp3) is 0.345. The molecule has 5 heterocycles. The monoisotopic (exact) mass is 1150 g/mol. The first-order chi connectivity index (χ1) is 38.0. The predicted octanol–water partition coefficient (Wildman–Crippen LogP) is 15.2. The van der Waals surface area contributed by atoms with Crippen molar-refractivity contribution < 1.29 is 53.5 Å². The van der Waals surface area contributed by atoms with Gasteiger partial charge in [0.1, 0.15) is 21.4 Å². The number of anilines is 2. The van der Waals surface area contributed by atoms with E-state index in [-0.39, 0.29) is 35.3 Å². The molecule has 0 radical (unpaired) electrons. The van der Waals surface area contributed by atoms with Crippen LogP contribution in [0.1, 0.15) is 106 Å². The molecule has 418 valence electrons. The van der Waals surface area contributed by atoms with Gasteiger partial charge in [-0.1, -0.05) is 48.5 Å². The third kappa shape index (κ3) is 12.6. The maximum absolute atomic E-state index is 15.5. The fourth-order valence-corrected chi connectivity index (χ4v) is 12.8. The summed E-state index contributed by atoms with van der Waals surface area (Å²) in [6.07, 6.45) is -2.62. The van der Waals surface area contributed by atoms with Gasteiger partial charge in [-0.2, -0.15) is 45.3 Å². The Morgan fingerprint density at radius 3 is 1.57 bits per heavy atom. The van der Waals surface area contributed by atoms with Crippen LogP contribution < -0.4 is 10.6 Å². The molecule has 3 aliphatic rings. The van der Waals surface area contributed by atoms with Crippen LogP contribution in [0, 0.1) is 37.3 Å². The van der Waals surface area contributed by atoms with Gasteiger partial charge in [-0.25, -0.2) is 27.8 Å². The quantitative estimate of drug-likeness (QED) is 0.0635. The molecule has 1 aliphatic heterocycles. The molecule has 11 rings (SSSR count). The lowest BCUT2D eigenvalue weighted by atomic mass is 9.98. The molecule has 0 bridgehead atoms. The number of hydrogen-bond donors (Lipinski definition) is 2. The SMILES string of the molecule is Cc1cc(-c2cnc3c(NCCC(F)(F)F)cc(C(F)(F)c4cccc(F)c4)nn23)ccc1C(=O)CC1CC1.Cc1cc(-c2cnc3c(NCCC(F)(F)F)cc(C4(c5cccc(F)c5)SCCS4)nn23)ccc1C(=O)CC1CC1. The topological polar surface area (TPSA) is 119 Å². The van der Waals surface area contributed by atoms with Crippen LogP contribution in [0.2, 0.25) is 0 Å². The lowest BCUT2D eigenvalue weighted by Crippen LogP contribution is -2.21. The van der Waals surface area contributed by atoms with Crippen molar-refractivity contribution in [3.63, 3.8) is 0 Å². The summed E-state index contributed by atoms with van der Waals surface area (Å²) in [7, 11) is 0. The minimum absolute atomic E-state index is 0.0333. The van der Waals surface area contributed by atoms with Crippen molar-refractivity contribution in [3.8, 4) is 22.5 Å². The van der Waals surface area contributed by atoms with Crippen LogP contribution in [-0.4, -0.2) is 77.7 Å². The number of hydrogen-bond acceptors (Lipinski definition) is 10. The number of benzene rings is 4. The van der Waals surface area contributed by atoms with Crippen LogP contribution in [0.25, 0.3) is 33.8 Å². The molecular weight excluding hydrogens is 1090 g/mol. The smallest absolute Gasteiger partial charge is 0.382 e. The Morgan fingerprint density at radius 1 is 0.613 bits per heavy atom. The number of fused-ring (bicyclic) bond motifs is 2. The number of ketones is 2. The number of rotatable bonds is 18. The minimum atomic E-state index is -4.46. The van der Waals surface area contributed by atoms with Crippen molar-refractivity contribution >= 4 is 57.8 Å². The highest BCUT2D eigenvalue weighted by molar-refractivity contribution is 8.20. The van der Waals surface area contributed by atoms with E-state index in [0.717, 1.165) is 82.7 Å². The highest BCUT2D eigenvalue weighted by Crippen LogP contribution is 2.56. The standard InChI is InChI=1S/C30H28F4N4OS2.C28H24F6N4O/c1-18-13-20(7-8-23(18)26(39)14-19-5-6-19)25-17-36-28-24(35-10-9-29(32,33)34)16-27(37-38(25)28)30(40-11-12-41-30)21-3-2-4-22(31)15-21;1-16-11-18(7-8-21(16)24(39)12-17-5-6-17)23-15-36-26-22(35-10-9-27(30,31)32)14-25(37-38(23)26)28(33,34)19-3-2-4-20(29)13-19/h2-4,7-8,13,15-17,19,35H,5-6,9-12,14H2,1H3;2-4,7-8,11,13-15,17,35H,5-6,9-10,12H2,1H3. The van der Waals surface area contributed by atoms with Crippen LogP contribution >= 0.6 is 23.5 Å². The molecule has 2 aliphatic carbocycles. The molecule has 1 saturated heterocycles. The van der Waals surface area contributed by atoms with E-state index in [1.807, 2.05) is 31.2 Å². The second kappa shape index (κ2) is 22.5. The van der Waals surface area contributed by atoms with Crippen molar-refractivity contribution in [3.05, 3.63) is 166 Å². The molecule has 0 amide bonds. The Balaban J connectivity index is 0.000000180. The molecule has 10 nitrogen and oxygen atoms in total. The number of aryl methyl sites for hydroxylation is 2. The summed E-state index contributed by atoms with van der Waals surface area (Å²) < 4.78 is 139. The molecule has 3 fully saturated rings. The van der Waals surface area contributed by atoms with E-state index in [4.69, 9.17) is 5.10 Å². The lowest BCUT2D eigenvalue weighted by molar-refractivity contribution is -0.132. The lowest BCUT2D eigenvalue weighted by Gasteiger charge is -2.28. The maximum atomic E-state index is 15.5. The van der Waals surface area contributed by atoms with Crippen molar-refractivity contribution in [1.82, 2.24) is 29.2 Å². The zero-order chi connectivity index (χ0) is 56.7. The van der Waals surface area contributed by atoms with Crippen molar-refractivity contribution in [2.24, 2.45) is 11.8 Å². The second-order valence-electron chi connectivity index (χ2n) is 20.3. The van der Waals surface area contributed by atoms with Crippen molar-refractivity contribution in [1.29, 1.82) is 0 Å². The van der Waals surface area contributed by atoms with Crippen LogP contribution in [0.4, 0.5) is 55.3 Å². The number of carbonyl (C=O) groups excluding carboxylic acids is 2. The van der Waals surface area contributed by atoms with E-state index in [2.05, 4.69) is 25.7 Å². The molecule has 8 aromatic rings. The van der Waals surface area contributed by atoms with Crippen LogP contribution in [0.3, 0.4) is 0 Å². The molecule has 2 N–H and O–H groups in total. The average Bonchev–Trinajstić information content (AvgIpc) is 4.27. The summed E-state index contributed by atoms with van der Waals surface area (Å²) in [6.45, 7) is 2.77. The number of aromatic nitrogens is 6. The number of thioether (sulfide) groups is 2. The predicted molar refractivity (Wildman–Crippen MR) is 289 cm³/mol. The van der Waals surface area contributed by atoms with Gasteiger partial charge in [0, 0.05) is 65.3 Å². The summed E-state index contributed by atoms with van der Waals surface area (Å²) >= 11 is 3.25. The van der Waals surface area contributed by atoms with E-state index in [0.29, 0.717) is 81.4 Å². The molecule has 80 heavy (non-hydrogen) atoms. The zero-order valence-electron chi connectivity index (χ0n) is 43.1. The number of imidazole rings is 2. The van der Waals surface area contributed by atoms with Gasteiger partial charge in [-0.3, -0.25) is 9.59 Å². The van der Waals surface area contributed by atoms with Gasteiger partial charge in [0.2, 0.25) is 0 Å². The minimum Gasteiger partial charge on any atom is -0.382 e. The summed E-state index contributed by atoms with van der Waals surface area (Å²) in [5, 5.41) is 14.6. The highest BCUT2D eigenvalue weighted by atomic mass is 32.2. The summed E-state index contributed by atoms with van der Waals surface area (Å²) in [5.74, 6) is -2.31. The van der Waals surface area contributed by atoms with Gasteiger partial charge in [0.15, 0.2) is 22.9 Å². The zero-order valence-corrected chi connectivity index (χ0v) is 44.8. The first-order valence-electron chi connectivity index (χ1n) is 25.9. The summed E-state index contributed by atoms with van der Waals surface area (Å²) in [6, 6.07) is 23.6. The molecule has 0 unspecified atom stereocenters. The van der Waals surface area contributed by atoms with Gasteiger partial charge in [-0.05, 0) is 117 Å². The van der Waals surface area contributed by atoms with E-state index in [1.54, 1.807) is 71.5 Å². The van der Waals surface area contributed by atoms with Crippen molar-refractivity contribution in [2.45, 2.75) is 87.6 Å². The molecule has 0 spiro atoms. The molecule has 0 atom stereocenters. The van der Waals surface area contributed by atoms with Gasteiger partial charge < -0.3 is 10.6 Å². The largest absolute Gasteiger partial charge is 0.390 e. The van der Waals surface area contributed by atoms with E-state index in [1.165, 1.54) is 18.3 Å². The van der Waals surface area contributed by atoms with Crippen LogP contribution in [0.5, 0.6) is 0 Å². The van der Waals surface area contributed by atoms with E-state index in [9.17, 15) is 44.7 Å². The summed E-state index contributed by atoms with van der Waals surface area (Å²) in [4.78, 5) is 34.2. The Hall–Kier alpha value is -6.94. The van der Waals surface area contributed by atoms with Crippen molar-refractivity contribution in [2.75, 3.05) is 35.2 Å². The number of Topliss-reactive ketones (excluding diaryl/α,β-unsaturated/α-hetero) is 2. The van der Waals surface area contributed by atoms with Gasteiger partial charge in [-0.15, -0.1) is 23.5 Å². The maximum Gasteiger partial charge on any atom is 0.390 e. The first-order valence-corrected chi connectivity index (χ1v) is 27.9. The van der Waals surface area contributed by atoms with E-state index < -0.39 is 58.8 Å². The van der Waals surface area contributed by atoms with Gasteiger partial charge in [0.05, 0.1) is 53.7 Å². The highest BCUT2D eigenvalue weighted by Gasteiger charge is 2.43. The number of halogens is 10. The Kier molecular flexibility index (Phi) is 15.9. The number of carbonyl (C=O) groups is 2. The third-order valence-corrected chi connectivity index (χ3v) is 17.6. The Morgan fingerprint density at radius 2 is 1.10 bits per heavy atom. The number of alkyl halides is 8. The normalized spacial score (nSPS) is 15.5. The summed E-state index contributed by atoms with van der Waals surface area (Å²) in [5.41, 5.74) is 5.68. The molecule has 4 aromatic heterocycles.